The summed E-state index contributed by atoms with van der Waals surface area (Å²) in [5.74, 6) is 0. The molecule has 2 N–H and O–H groups in total. The number of anilines is 1. The van der Waals surface area contributed by atoms with E-state index in [1.807, 2.05) is 0 Å². The number of hydrogen-bond donors (Lipinski definition) is 2. The molecule has 0 saturated heterocycles. The van der Waals surface area contributed by atoms with Gasteiger partial charge in [-0.3, -0.25) is 10.2 Å². The van der Waals surface area contributed by atoms with Gasteiger partial charge in [0, 0.05) is 10.9 Å². The molecular weight excluding hydrogens is 364 g/mol. The maximum absolute atomic E-state index is 12.6. The first-order valence-electron chi connectivity index (χ1n) is 7.19. The minimum Gasteiger partial charge on any atom is -0.298 e. The van der Waals surface area contributed by atoms with Gasteiger partial charge in [-0.15, -0.1) is 0 Å². The Kier molecular flexibility index (Phi) is 5.00. The Morgan fingerprint density at radius 3 is 2.44 bits per heavy atom. The minimum atomic E-state index is -4.26. The van der Waals surface area contributed by atoms with E-state index in [9.17, 15) is 13.2 Å². The summed E-state index contributed by atoms with van der Waals surface area (Å²) in [6.07, 6.45) is 0.476. The van der Waals surface area contributed by atoms with E-state index >= 15 is 0 Å². The monoisotopic (exact) mass is 376 g/mol. The number of carbonyl (C=O) groups is 1. The second-order valence-electron chi connectivity index (χ2n) is 5.07. The summed E-state index contributed by atoms with van der Waals surface area (Å²) in [4.78, 5) is 11.1. The molecule has 3 aromatic rings. The lowest BCUT2D eigenvalue weighted by Crippen LogP contribution is -2.26. The maximum Gasteiger partial charge on any atom is 0.315 e. The van der Waals surface area contributed by atoms with Crippen molar-refractivity contribution in [3.8, 4) is 0 Å². The SMILES string of the molecule is O=Cc1ccc2ccccc2c1S(=O)(=O)ONNc1ccccc1Cl. The molecule has 3 rings (SSSR count). The van der Waals surface area contributed by atoms with E-state index in [2.05, 4.69) is 11.0 Å². The molecule has 0 aliphatic heterocycles. The molecule has 0 amide bonds. The van der Waals surface area contributed by atoms with E-state index in [0.29, 0.717) is 27.8 Å². The molecule has 0 bridgehead atoms. The van der Waals surface area contributed by atoms with Gasteiger partial charge in [0.2, 0.25) is 0 Å². The molecule has 0 spiro atoms. The molecule has 0 aliphatic carbocycles. The third-order valence-corrected chi connectivity index (χ3v) is 5.09. The quantitative estimate of drug-likeness (QED) is 0.505. The van der Waals surface area contributed by atoms with E-state index in [1.165, 1.54) is 6.07 Å². The van der Waals surface area contributed by atoms with Gasteiger partial charge in [0.25, 0.3) is 0 Å². The van der Waals surface area contributed by atoms with Gasteiger partial charge >= 0.3 is 10.1 Å². The van der Waals surface area contributed by atoms with Crippen molar-refractivity contribution >= 4 is 44.5 Å². The van der Waals surface area contributed by atoms with Crippen molar-refractivity contribution in [2.24, 2.45) is 0 Å². The number of rotatable bonds is 6. The molecule has 0 radical (unpaired) electrons. The Labute approximate surface area is 149 Å². The zero-order valence-electron chi connectivity index (χ0n) is 12.8. The first kappa shape index (κ1) is 17.4. The number of para-hydroxylation sites is 1. The third-order valence-electron chi connectivity index (χ3n) is 3.50. The Bertz CT molecular complexity index is 1040. The largest absolute Gasteiger partial charge is 0.315 e. The Morgan fingerprint density at radius 1 is 0.960 bits per heavy atom. The lowest BCUT2D eigenvalue weighted by atomic mass is 10.1. The number of carbonyl (C=O) groups excluding carboxylic acids is 1. The van der Waals surface area contributed by atoms with Gasteiger partial charge in [-0.25, -0.2) is 0 Å². The molecule has 0 heterocycles. The number of halogens is 1. The van der Waals surface area contributed by atoms with Gasteiger partial charge in [0.15, 0.2) is 6.29 Å². The first-order valence-corrected chi connectivity index (χ1v) is 8.97. The summed E-state index contributed by atoms with van der Waals surface area (Å²) in [5.41, 5.74) is 5.16. The van der Waals surface area contributed by atoms with Gasteiger partial charge in [-0.2, -0.15) is 12.7 Å². The standard InChI is InChI=1S/C17H13ClN2O4S/c18-15-7-3-4-8-16(15)19-20-24-25(22,23)17-13(11-21)10-9-12-5-1-2-6-14(12)17/h1-11,19-20H. The van der Waals surface area contributed by atoms with Crippen molar-refractivity contribution in [3.05, 3.63) is 71.2 Å². The highest BCUT2D eigenvalue weighted by Crippen LogP contribution is 2.27. The van der Waals surface area contributed by atoms with E-state index in [-0.39, 0.29) is 10.5 Å². The predicted molar refractivity (Wildman–Crippen MR) is 95.8 cm³/mol. The highest BCUT2D eigenvalue weighted by atomic mass is 35.5. The van der Waals surface area contributed by atoms with Crippen LogP contribution in [0.4, 0.5) is 5.69 Å². The second-order valence-corrected chi connectivity index (χ2v) is 6.96. The minimum absolute atomic E-state index is 0.0123. The van der Waals surface area contributed by atoms with Crippen LogP contribution in [-0.2, 0) is 14.4 Å². The van der Waals surface area contributed by atoms with Gasteiger partial charge in [0.05, 0.1) is 10.7 Å². The van der Waals surface area contributed by atoms with Crippen LogP contribution in [0.3, 0.4) is 0 Å². The highest BCUT2D eigenvalue weighted by molar-refractivity contribution is 7.87. The predicted octanol–water partition coefficient (Wildman–Crippen LogP) is 3.54. The molecule has 0 saturated carbocycles. The molecule has 0 aromatic heterocycles. The number of nitrogens with one attached hydrogen (secondary N) is 2. The van der Waals surface area contributed by atoms with Crippen LogP contribution in [0.5, 0.6) is 0 Å². The van der Waals surface area contributed by atoms with Crippen LogP contribution in [0.15, 0.2) is 65.6 Å². The molecule has 0 unspecified atom stereocenters. The molecule has 25 heavy (non-hydrogen) atoms. The highest BCUT2D eigenvalue weighted by Gasteiger charge is 2.23. The Hall–Kier alpha value is -2.45. The topological polar surface area (TPSA) is 84.5 Å². The second kappa shape index (κ2) is 7.20. The molecule has 3 aromatic carbocycles. The van der Waals surface area contributed by atoms with E-state index < -0.39 is 10.1 Å². The van der Waals surface area contributed by atoms with Gasteiger partial charge in [-0.05, 0) is 23.6 Å². The molecular formula is C17H13ClN2O4S. The fourth-order valence-corrected chi connectivity index (χ4v) is 3.64. The van der Waals surface area contributed by atoms with Gasteiger partial charge in [0.1, 0.15) is 4.90 Å². The maximum atomic E-state index is 12.6. The number of hydrazine groups is 1. The number of hydrogen-bond acceptors (Lipinski definition) is 6. The molecule has 0 fully saturated rings. The van der Waals surface area contributed by atoms with E-state index in [0.717, 1.165) is 0 Å². The smallest absolute Gasteiger partial charge is 0.298 e. The van der Waals surface area contributed by atoms with Crippen LogP contribution < -0.4 is 11.0 Å². The van der Waals surface area contributed by atoms with Crippen LogP contribution in [0.25, 0.3) is 10.8 Å². The molecule has 128 valence electrons. The van der Waals surface area contributed by atoms with Crippen molar-refractivity contribution < 1.29 is 17.5 Å². The number of fused-ring (bicyclic) bond motifs is 1. The summed E-state index contributed by atoms with van der Waals surface area (Å²) in [6, 6.07) is 16.7. The zero-order chi connectivity index (χ0) is 17.9. The average Bonchev–Trinajstić information content (AvgIpc) is 2.62. The fraction of sp³-hybridized carbons (Fsp3) is 0. The van der Waals surface area contributed by atoms with Crippen LogP contribution in [0.1, 0.15) is 10.4 Å². The van der Waals surface area contributed by atoms with Crippen LogP contribution in [0.2, 0.25) is 5.02 Å². The number of aldehydes is 1. The number of benzene rings is 3. The van der Waals surface area contributed by atoms with Crippen molar-refractivity contribution in [1.82, 2.24) is 5.59 Å². The van der Waals surface area contributed by atoms with Crippen molar-refractivity contribution in [2.75, 3.05) is 5.43 Å². The normalized spacial score (nSPS) is 11.4. The summed E-state index contributed by atoms with van der Waals surface area (Å²) >= 11 is 5.96. The third kappa shape index (κ3) is 3.64. The molecule has 8 heteroatoms. The molecule has 0 atom stereocenters. The van der Waals surface area contributed by atoms with Crippen molar-refractivity contribution in [3.63, 3.8) is 0 Å². The summed E-state index contributed by atoms with van der Waals surface area (Å²) < 4.78 is 30.0. The summed E-state index contributed by atoms with van der Waals surface area (Å²) in [7, 11) is -4.26. The first-order chi connectivity index (χ1) is 12.0. The Balaban J connectivity index is 1.91. The molecule has 0 aliphatic rings. The van der Waals surface area contributed by atoms with Crippen molar-refractivity contribution in [1.29, 1.82) is 0 Å². The summed E-state index contributed by atoms with van der Waals surface area (Å²) in [6.45, 7) is 0. The lowest BCUT2D eigenvalue weighted by Gasteiger charge is -2.12. The summed E-state index contributed by atoms with van der Waals surface area (Å²) in [5, 5.41) is 1.45. The van der Waals surface area contributed by atoms with Gasteiger partial charge < -0.3 is 0 Å². The lowest BCUT2D eigenvalue weighted by molar-refractivity contribution is 0.112. The average molecular weight is 377 g/mol. The van der Waals surface area contributed by atoms with Crippen LogP contribution in [-0.4, -0.2) is 14.7 Å². The van der Waals surface area contributed by atoms with E-state index in [1.54, 1.807) is 54.6 Å². The van der Waals surface area contributed by atoms with Crippen LogP contribution in [0, 0.1) is 0 Å². The van der Waals surface area contributed by atoms with E-state index in [4.69, 9.17) is 15.9 Å². The van der Waals surface area contributed by atoms with Crippen LogP contribution >= 0.6 is 11.6 Å². The Morgan fingerprint density at radius 2 is 1.68 bits per heavy atom. The fourth-order valence-electron chi connectivity index (χ4n) is 2.37. The van der Waals surface area contributed by atoms with Crippen molar-refractivity contribution in [2.45, 2.75) is 4.90 Å². The van der Waals surface area contributed by atoms with Gasteiger partial charge in [-0.1, -0.05) is 59.7 Å². The zero-order valence-corrected chi connectivity index (χ0v) is 14.3. The molecule has 6 nitrogen and oxygen atoms in total.